The van der Waals surface area contributed by atoms with E-state index in [1.807, 2.05) is 123 Å². The van der Waals surface area contributed by atoms with Crippen molar-refractivity contribution in [1.29, 1.82) is 0 Å². The van der Waals surface area contributed by atoms with Gasteiger partial charge in [0.2, 0.25) is 0 Å². The third-order valence-electron chi connectivity index (χ3n) is 6.82. The predicted octanol–water partition coefficient (Wildman–Crippen LogP) is 6.46. The number of cyclic esters (lactones) is 2. The largest absolute Gasteiger partial charge is 0.421 e. The van der Waals surface area contributed by atoms with Crippen LogP contribution in [0.5, 0.6) is 0 Å². The molecule has 0 fully saturated rings. The molecule has 0 radical (unpaired) electrons. The molecule has 0 unspecified atom stereocenters. The van der Waals surface area contributed by atoms with E-state index < -0.39 is 11.9 Å². The molecule has 0 amide bonds. The number of carbonyl (C=O) groups excluding carboxylic acids is 2. The number of fused-ring (bicyclic) bond motifs is 1. The van der Waals surface area contributed by atoms with Crippen molar-refractivity contribution in [3.63, 3.8) is 0 Å². The Bertz CT molecular complexity index is 1470. The first-order valence-electron chi connectivity index (χ1n) is 12.2. The average Bonchev–Trinajstić information content (AvgIpc) is 3.51. The second-order valence-electron chi connectivity index (χ2n) is 9.07. The second kappa shape index (κ2) is 9.41. The van der Waals surface area contributed by atoms with E-state index in [4.69, 9.17) is 9.47 Å². The smallest absolute Gasteiger partial charge is 0.348 e. The number of nitrogens with zero attached hydrogens (tertiary/aromatic N) is 2. The summed E-state index contributed by atoms with van der Waals surface area (Å²) in [5.41, 5.74) is 5.61. The molecule has 0 atom stereocenters. The molecule has 0 bridgehead atoms. The summed E-state index contributed by atoms with van der Waals surface area (Å²) in [6, 6.07) is 35.0. The average molecular weight is 501 g/mol. The van der Waals surface area contributed by atoms with E-state index in [9.17, 15) is 9.59 Å². The minimum Gasteiger partial charge on any atom is -0.421 e. The highest BCUT2D eigenvalue weighted by molar-refractivity contribution is 6.24. The van der Waals surface area contributed by atoms with Crippen LogP contribution in [-0.4, -0.2) is 26.0 Å². The van der Waals surface area contributed by atoms with Crippen LogP contribution in [0, 0.1) is 0 Å². The number of esters is 2. The summed E-state index contributed by atoms with van der Waals surface area (Å²) in [7, 11) is 3.96. The number of anilines is 4. The van der Waals surface area contributed by atoms with Crippen molar-refractivity contribution in [2.45, 2.75) is 0 Å². The fourth-order valence-corrected chi connectivity index (χ4v) is 4.69. The molecule has 0 aromatic heterocycles. The molecule has 0 saturated heterocycles. The molecule has 6 nitrogen and oxygen atoms in total. The zero-order chi connectivity index (χ0) is 26.2. The Hall–Kier alpha value is -5.10. The van der Waals surface area contributed by atoms with E-state index in [1.165, 1.54) is 0 Å². The van der Waals surface area contributed by atoms with Gasteiger partial charge in [0.25, 0.3) is 0 Å². The maximum absolute atomic E-state index is 12.9. The van der Waals surface area contributed by atoms with Crippen molar-refractivity contribution in [2.24, 2.45) is 0 Å². The monoisotopic (exact) mass is 500 g/mol. The van der Waals surface area contributed by atoms with Gasteiger partial charge in [0.05, 0.1) is 0 Å². The van der Waals surface area contributed by atoms with E-state index in [1.54, 1.807) is 0 Å². The first kappa shape index (κ1) is 23.3. The summed E-state index contributed by atoms with van der Waals surface area (Å²) >= 11 is 0. The van der Waals surface area contributed by atoms with Crippen LogP contribution in [0.15, 0.2) is 120 Å². The van der Waals surface area contributed by atoms with E-state index in [2.05, 4.69) is 9.80 Å². The highest BCUT2D eigenvalue weighted by atomic mass is 16.6. The minimum absolute atomic E-state index is 0.166. The van der Waals surface area contributed by atoms with Gasteiger partial charge in [0.15, 0.2) is 11.5 Å². The SMILES string of the molecule is CN(c1ccccc1)c1ccc(C2=C3C(=O)OC(c4ccc(N(C)c5ccccc5)cc4)=C3C(=O)O2)cc1. The van der Waals surface area contributed by atoms with Gasteiger partial charge in [0.1, 0.15) is 11.1 Å². The van der Waals surface area contributed by atoms with E-state index >= 15 is 0 Å². The van der Waals surface area contributed by atoms with Gasteiger partial charge in [-0.1, -0.05) is 36.4 Å². The molecule has 2 heterocycles. The second-order valence-corrected chi connectivity index (χ2v) is 9.07. The Morgan fingerprint density at radius 2 is 0.763 bits per heavy atom. The topological polar surface area (TPSA) is 59.1 Å². The van der Waals surface area contributed by atoms with Gasteiger partial charge < -0.3 is 19.3 Å². The molecule has 0 saturated carbocycles. The molecule has 4 aromatic rings. The highest BCUT2D eigenvalue weighted by Crippen LogP contribution is 2.44. The van der Waals surface area contributed by atoms with Gasteiger partial charge in [-0.3, -0.25) is 0 Å². The van der Waals surface area contributed by atoms with Gasteiger partial charge in [-0.25, -0.2) is 9.59 Å². The number of carbonyl (C=O) groups is 2. The Morgan fingerprint density at radius 1 is 0.447 bits per heavy atom. The first-order valence-corrected chi connectivity index (χ1v) is 12.2. The fraction of sp³-hybridized carbons (Fsp3) is 0.0625. The Kier molecular flexibility index (Phi) is 5.77. The lowest BCUT2D eigenvalue weighted by Crippen LogP contribution is -2.09. The van der Waals surface area contributed by atoms with Crippen LogP contribution in [-0.2, 0) is 19.1 Å². The molecule has 0 aliphatic carbocycles. The maximum Gasteiger partial charge on any atom is 0.348 e. The predicted molar refractivity (Wildman–Crippen MR) is 148 cm³/mol. The van der Waals surface area contributed by atoms with E-state index in [0.29, 0.717) is 11.1 Å². The van der Waals surface area contributed by atoms with Gasteiger partial charge in [-0.05, 0) is 72.8 Å². The first-order chi connectivity index (χ1) is 18.5. The minimum atomic E-state index is -0.591. The van der Waals surface area contributed by atoms with Crippen LogP contribution in [0.3, 0.4) is 0 Å². The summed E-state index contributed by atoms with van der Waals surface area (Å²) in [6.07, 6.45) is 0. The summed E-state index contributed by atoms with van der Waals surface area (Å²) < 4.78 is 11.2. The van der Waals surface area contributed by atoms with Crippen LogP contribution in [0.2, 0.25) is 0 Å². The lowest BCUT2D eigenvalue weighted by molar-refractivity contribution is -0.131. The van der Waals surface area contributed by atoms with E-state index in [0.717, 1.165) is 22.7 Å². The molecule has 0 N–H and O–H groups in total. The Balaban J connectivity index is 1.30. The molecule has 38 heavy (non-hydrogen) atoms. The van der Waals surface area contributed by atoms with Gasteiger partial charge >= 0.3 is 11.9 Å². The summed E-state index contributed by atoms with van der Waals surface area (Å²) in [5.74, 6) is -0.739. The molecule has 2 aliphatic rings. The number of benzene rings is 4. The number of hydrogen-bond donors (Lipinski definition) is 0. The third-order valence-corrected chi connectivity index (χ3v) is 6.82. The third kappa shape index (κ3) is 4.02. The van der Waals surface area contributed by atoms with Gasteiger partial charge in [-0.2, -0.15) is 0 Å². The van der Waals surface area contributed by atoms with Gasteiger partial charge in [0, 0.05) is 48.0 Å². The van der Waals surface area contributed by atoms with Crippen molar-refractivity contribution in [3.8, 4) is 0 Å². The molecule has 0 spiro atoms. The van der Waals surface area contributed by atoms with Crippen LogP contribution >= 0.6 is 0 Å². The molecule has 4 aromatic carbocycles. The lowest BCUT2D eigenvalue weighted by atomic mass is 10.0. The molecule has 2 aliphatic heterocycles. The molecule has 186 valence electrons. The van der Waals surface area contributed by atoms with Crippen LogP contribution in [0.4, 0.5) is 22.7 Å². The molecule has 6 rings (SSSR count). The van der Waals surface area contributed by atoms with Crippen molar-refractivity contribution in [1.82, 2.24) is 0 Å². The number of rotatable bonds is 6. The Morgan fingerprint density at radius 3 is 1.11 bits per heavy atom. The van der Waals surface area contributed by atoms with Crippen molar-refractivity contribution in [2.75, 3.05) is 23.9 Å². The zero-order valence-corrected chi connectivity index (χ0v) is 20.9. The molecular weight excluding hydrogens is 476 g/mol. The Labute approximate surface area is 220 Å². The normalized spacial score (nSPS) is 14.4. The summed E-state index contributed by atoms with van der Waals surface area (Å²) in [6.45, 7) is 0. The van der Waals surface area contributed by atoms with Crippen molar-refractivity contribution < 1.29 is 19.1 Å². The van der Waals surface area contributed by atoms with Crippen LogP contribution < -0.4 is 9.80 Å². The highest BCUT2D eigenvalue weighted by Gasteiger charge is 2.45. The maximum atomic E-state index is 12.9. The molecular formula is C32H24N2O4. The fourth-order valence-electron chi connectivity index (χ4n) is 4.69. The van der Waals surface area contributed by atoms with Gasteiger partial charge in [-0.15, -0.1) is 0 Å². The van der Waals surface area contributed by atoms with Crippen molar-refractivity contribution >= 4 is 46.2 Å². The van der Waals surface area contributed by atoms with Crippen molar-refractivity contribution in [3.05, 3.63) is 131 Å². The van der Waals surface area contributed by atoms with E-state index in [-0.39, 0.29) is 22.7 Å². The number of hydrogen-bond acceptors (Lipinski definition) is 6. The number of para-hydroxylation sites is 2. The quantitative estimate of drug-likeness (QED) is 0.283. The lowest BCUT2D eigenvalue weighted by Gasteiger charge is -2.19. The molecule has 6 heteroatoms. The number of ether oxygens (including phenoxy) is 2. The summed E-state index contributed by atoms with van der Waals surface area (Å²) in [5, 5.41) is 0. The zero-order valence-electron chi connectivity index (χ0n) is 20.9. The summed E-state index contributed by atoms with van der Waals surface area (Å²) in [4.78, 5) is 29.9. The van der Waals surface area contributed by atoms with Crippen LogP contribution in [0.25, 0.3) is 11.5 Å². The van der Waals surface area contributed by atoms with Crippen LogP contribution in [0.1, 0.15) is 11.1 Å². The standard InChI is InChI=1S/C32H24N2O4/c1-33(23-9-5-3-6-10-23)25-17-13-21(14-18-25)29-27-28(32(36)37-29)30(38-31(27)35)22-15-19-26(20-16-22)34(2)24-11-7-4-8-12-24/h3-20H,1-2H3.